The lowest BCUT2D eigenvalue weighted by Crippen LogP contribution is -2.09. The Hall–Kier alpha value is -1.88. The molecule has 1 N–H and O–H groups in total. The molecule has 0 aliphatic heterocycles. The lowest BCUT2D eigenvalue weighted by atomic mass is 10.1. The molecule has 5 heteroatoms. The van der Waals surface area contributed by atoms with E-state index in [9.17, 15) is 4.79 Å². The molecular formula is C18H21NO3S. The molecule has 0 spiro atoms. The molecule has 23 heavy (non-hydrogen) atoms. The van der Waals surface area contributed by atoms with Gasteiger partial charge in [0, 0.05) is 17.4 Å². The van der Waals surface area contributed by atoms with E-state index in [2.05, 4.69) is 24.0 Å². The fourth-order valence-corrected chi connectivity index (χ4v) is 3.82. The van der Waals surface area contributed by atoms with Crippen LogP contribution < -0.4 is 4.74 Å². The first-order chi connectivity index (χ1) is 11.1. The number of carbonyl (C=O) groups is 1. The molecule has 122 valence electrons. The van der Waals surface area contributed by atoms with Gasteiger partial charge in [0.15, 0.2) is 5.69 Å². The Morgan fingerprint density at radius 3 is 2.87 bits per heavy atom. The summed E-state index contributed by atoms with van der Waals surface area (Å²) < 4.78 is 6.06. The molecule has 0 amide bonds. The number of benzene rings is 1. The zero-order valence-corrected chi connectivity index (χ0v) is 14.1. The molecule has 0 saturated heterocycles. The van der Waals surface area contributed by atoms with Crippen molar-refractivity contribution in [3.63, 3.8) is 0 Å². The second kappa shape index (κ2) is 7.13. The van der Waals surface area contributed by atoms with Crippen molar-refractivity contribution in [2.24, 2.45) is 5.92 Å². The highest BCUT2D eigenvalue weighted by Crippen LogP contribution is 2.28. The summed E-state index contributed by atoms with van der Waals surface area (Å²) in [5, 5.41) is 11.4. The molecule has 1 fully saturated rings. The summed E-state index contributed by atoms with van der Waals surface area (Å²) >= 11 is 1.38. The lowest BCUT2D eigenvalue weighted by Gasteiger charge is -2.15. The third-order valence-electron chi connectivity index (χ3n) is 4.28. The molecule has 3 rings (SSSR count). The second-order valence-corrected chi connectivity index (χ2v) is 7.12. The van der Waals surface area contributed by atoms with E-state index in [-0.39, 0.29) is 5.69 Å². The van der Waals surface area contributed by atoms with Gasteiger partial charge in [-0.2, -0.15) is 0 Å². The zero-order chi connectivity index (χ0) is 16.2. The van der Waals surface area contributed by atoms with Crippen LogP contribution in [-0.4, -0.2) is 22.7 Å². The van der Waals surface area contributed by atoms with Crippen LogP contribution in [0.2, 0.25) is 0 Å². The number of thiazole rings is 1. The molecule has 2 aromatic rings. The number of aromatic nitrogens is 1. The summed E-state index contributed by atoms with van der Waals surface area (Å²) in [4.78, 5) is 15.1. The molecule has 1 aliphatic carbocycles. The van der Waals surface area contributed by atoms with Crippen LogP contribution in [0.4, 0.5) is 0 Å². The Labute approximate surface area is 140 Å². The number of hydrogen-bond acceptors (Lipinski definition) is 4. The van der Waals surface area contributed by atoms with Crippen LogP contribution in [0, 0.1) is 12.8 Å². The topological polar surface area (TPSA) is 59.4 Å². The molecule has 1 heterocycles. The molecule has 0 bridgehead atoms. The van der Waals surface area contributed by atoms with E-state index < -0.39 is 5.97 Å². The number of aromatic carboxylic acids is 1. The van der Waals surface area contributed by atoms with Gasteiger partial charge in [-0.25, -0.2) is 9.78 Å². The maximum Gasteiger partial charge on any atom is 0.355 e. The minimum Gasteiger partial charge on any atom is -0.493 e. The van der Waals surface area contributed by atoms with Gasteiger partial charge in [-0.3, -0.25) is 0 Å². The highest BCUT2D eigenvalue weighted by atomic mass is 32.1. The Morgan fingerprint density at radius 1 is 1.39 bits per heavy atom. The molecule has 4 nitrogen and oxygen atoms in total. The fourth-order valence-electron chi connectivity index (χ4n) is 3.03. The average Bonchev–Trinajstić information content (AvgIpc) is 3.18. The fraction of sp³-hybridized carbons (Fsp3) is 0.444. The number of aryl methyl sites for hydroxylation is 1. The van der Waals surface area contributed by atoms with E-state index in [1.807, 2.05) is 6.07 Å². The molecular weight excluding hydrogens is 310 g/mol. The van der Waals surface area contributed by atoms with Gasteiger partial charge in [0.2, 0.25) is 0 Å². The summed E-state index contributed by atoms with van der Waals surface area (Å²) in [6.45, 7) is 2.82. The van der Waals surface area contributed by atoms with Crippen LogP contribution in [0.25, 0.3) is 0 Å². The normalized spacial score (nSPS) is 15.0. The van der Waals surface area contributed by atoms with Gasteiger partial charge in [0.25, 0.3) is 0 Å². The van der Waals surface area contributed by atoms with Crippen molar-refractivity contribution in [1.82, 2.24) is 4.98 Å². The Kier molecular flexibility index (Phi) is 4.96. The number of carboxylic acids is 1. The van der Waals surface area contributed by atoms with Gasteiger partial charge in [-0.05, 0) is 31.7 Å². The molecule has 0 atom stereocenters. The van der Waals surface area contributed by atoms with Gasteiger partial charge < -0.3 is 9.84 Å². The predicted molar refractivity (Wildman–Crippen MR) is 90.5 cm³/mol. The largest absolute Gasteiger partial charge is 0.493 e. The molecule has 0 unspecified atom stereocenters. The van der Waals surface area contributed by atoms with E-state index in [4.69, 9.17) is 9.84 Å². The van der Waals surface area contributed by atoms with Crippen LogP contribution in [0.1, 0.15) is 52.3 Å². The quantitative estimate of drug-likeness (QED) is 0.857. The van der Waals surface area contributed by atoms with Crippen LogP contribution in [0.3, 0.4) is 0 Å². The van der Waals surface area contributed by atoms with Gasteiger partial charge in [0.05, 0.1) is 11.6 Å². The molecule has 1 saturated carbocycles. The second-order valence-electron chi connectivity index (χ2n) is 6.18. The van der Waals surface area contributed by atoms with Crippen molar-refractivity contribution in [2.45, 2.75) is 39.0 Å². The standard InChI is InChI=1S/C18H21NO3S/c1-12-6-7-16(22-10-13-4-2-3-5-13)14(8-12)9-17-19-15(11-23-17)18(20)21/h6-8,11,13H,2-5,9-10H2,1H3,(H,20,21). The van der Waals surface area contributed by atoms with E-state index in [0.29, 0.717) is 12.3 Å². The first-order valence-electron chi connectivity index (χ1n) is 8.02. The minimum absolute atomic E-state index is 0.117. The molecule has 0 radical (unpaired) electrons. The minimum atomic E-state index is -0.977. The Morgan fingerprint density at radius 2 is 2.17 bits per heavy atom. The van der Waals surface area contributed by atoms with Crippen molar-refractivity contribution in [3.8, 4) is 5.75 Å². The Balaban J connectivity index is 1.73. The van der Waals surface area contributed by atoms with Crippen LogP contribution in [-0.2, 0) is 6.42 Å². The van der Waals surface area contributed by atoms with E-state index in [1.54, 1.807) is 5.38 Å². The SMILES string of the molecule is Cc1ccc(OCC2CCCC2)c(Cc2nc(C(=O)O)cs2)c1. The first kappa shape index (κ1) is 16.0. The first-order valence-corrected chi connectivity index (χ1v) is 8.90. The van der Waals surface area contributed by atoms with Crippen LogP contribution in [0.15, 0.2) is 23.6 Å². The van der Waals surface area contributed by atoms with Crippen molar-refractivity contribution < 1.29 is 14.6 Å². The van der Waals surface area contributed by atoms with Crippen molar-refractivity contribution >= 4 is 17.3 Å². The Bertz CT molecular complexity index is 689. The lowest BCUT2D eigenvalue weighted by molar-refractivity contribution is 0.0691. The molecule has 1 aromatic carbocycles. The van der Waals surface area contributed by atoms with Crippen molar-refractivity contribution in [2.75, 3.05) is 6.61 Å². The number of carboxylic acid groups (broad SMARTS) is 1. The summed E-state index contributed by atoms with van der Waals surface area (Å²) in [7, 11) is 0. The number of ether oxygens (including phenoxy) is 1. The summed E-state index contributed by atoms with van der Waals surface area (Å²) in [6.07, 6.45) is 5.75. The van der Waals surface area contributed by atoms with Gasteiger partial charge in [-0.1, -0.05) is 30.5 Å². The molecule has 1 aliphatic rings. The maximum atomic E-state index is 11.0. The highest BCUT2D eigenvalue weighted by Gasteiger charge is 2.17. The zero-order valence-electron chi connectivity index (χ0n) is 13.2. The van der Waals surface area contributed by atoms with Gasteiger partial charge in [0.1, 0.15) is 5.75 Å². The smallest absolute Gasteiger partial charge is 0.355 e. The van der Waals surface area contributed by atoms with Crippen LogP contribution in [0.5, 0.6) is 5.75 Å². The van der Waals surface area contributed by atoms with E-state index in [0.717, 1.165) is 22.9 Å². The van der Waals surface area contributed by atoms with Gasteiger partial charge >= 0.3 is 5.97 Å². The maximum absolute atomic E-state index is 11.0. The van der Waals surface area contributed by atoms with E-state index >= 15 is 0 Å². The number of nitrogens with zero attached hydrogens (tertiary/aromatic N) is 1. The summed E-state index contributed by atoms with van der Waals surface area (Å²) in [6, 6.07) is 6.18. The van der Waals surface area contributed by atoms with Crippen molar-refractivity contribution in [3.05, 3.63) is 45.4 Å². The highest BCUT2D eigenvalue weighted by molar-refractivity contribution is 7.09. The monoisotopic (exact) mass is 331 g/mol. The predicted octanol–water partition coefficient (Wildman–Crippen LogP) is 4.31. The molecule has 1 aromatic heterocycles. The number of hydrogen-bond donors (Lipinski definition) is 1. The summed E-state index contributed by atoms with van der Waals surface area (Å²) in [5.41, 5.74) is 2.36. The van der Waals surface area contributed by atoms with Crippen molar-refractivity contribution in [1.29, 1.82) is 0 Å². The number of rotatable bonds is 6. The average molecular weight is 331 g/mol. The van der Waals surface area contributed by atoms with E-state index in [1.165, 1.54) is 42.6 Å². The third-order valence-corrected chi connectivity index (χ3v) is 5.13. The van der Waals surface area contributed by atoms with Crippen LogP contribution >= 0.6 is 11.3 Å². The summed E-state index contributed by atoms with van der Waals surface area (Å²) in [5.74, 6) is 0.589. The van der Waals surface area contributed by atoms with Gasteiger partial charge in [-0.15, -0.1) is 11.3 Å². The third kappa shape index (κ3) is 4.10.